The SMILES string of the molecule is CCC(N)Cc1ccc(N2CC3CCC2C3)cc1Cl. The molecule has 3 unspecified atom stereocenters. The van der Waals surface area contributed by atoms with Gasteiger partial charge in [-0.25, -0.2) is 0 Å². The third-order valence-electron chi connectivity index (χ3n) is 4.78. The number of rotatable bonds is 4. The molecule has 1 aliphatic heterocycles. The highest BCUT2D eigenvalue weighted by molar-refractivity contribution is 6.31. The van der Waals surface area contributed by atoms with E-state index in [2.05, 4.69) is 30.0 Å². The molecule has 1 heterocycles. The van der Waals surface area contributed by atoms with E-state index in [0.29, 0.717) is 0 Å². The van der Waals surface area contributed by atoms with Crippen LogP contribution in [0.5, 0.6) is 0 Å². The van der Waals surface area contributed by atoms with Gasteiger partial charge in [-0.2, -0.15) is 0 Å². The van der Waals surface area contributed by atoms with E-state index in [-0.39, 0.29) is 6.04 Å². The molecule has 1 saturated heterocycles. The smallest absolute Gasteiger partial charge is 0.0459 e. The third kappa shape index (κ3) is 2.61. The van der Waals surface area contributed by atoms with Crippen molar-refractivity contribution in [3.8, 4) is 0 Å². The van der Waals surface area contributed by atoms with Gasteiger partial charge in [-0.15, -0.1) is 0 Å². The summed E-state index contributed by atoms with van der Waals surface area (Å²) in [5.74, 6) is 0.914. The molecular formula is C16H23ClN2. The number of piperidine rings is 1. The van der Waals surface area contributed by atoms with Gasteiger partial charge in [0.15, 0.2) is 0 Å². The largest absolute Gasteiger partial charge is 0.368 e. The first kappa shape index (κ1) is 13.3. The minimum atomic E-state index is 0.214. The lowest BCUT2D eigenvalue weighted by atomic mass is 10.0. The number of benzene rings is 1. The van der Waals surface area contributed by atoms with Crippen molar-refractivity contribution in [2.24, 2.45) is 11.7 Å². The number of hydrogen-bond acceptors (Lipinski definition) is 2. The lowest BCUT2D eigenvalue weighted by Gasteiger charge is -2.29. The van der Waals surface area contributed by atoms with Crippen molar-refractivity contribution in [3.63, 3.8) is 0 Å². The Kier molecular flexibility index (Phi) is 3.72. The summed E-state index contributed by atoms with van der Waals surface area (Å²) in [6.07, 6.45) is 6.01. The average molecular weight is 279 g/mol. The number of halogens is 1. The van der Waals surface area contributed by atoms with Crippen molar-refractivity contribution < 1.29 is 0 Å². The first-order valence-electron chi connectivity index (χ1n) is 7.48. The van der Waals surface area contributed by atoms with E-state index < -0.39 is 0 Å². The van der Waals surface area contributed by atoms with Gasteiger partial charge in [-0.3, -0.25) is 0 Å². The Hall–Kier alpha value is -0.730. The minimum Gasteiger partial charge on any atom is -0.368 e. The first-order chi connectivity index (χ1) is 9.17. The van der Waals surface area contributed by atoms with Crippen molar-refractivity contribution in [2.75, 3.05) is 11.4 Å². The summed E-state index contributed by atoms with van der Waals surface area (Å²) in [7, 11) is 0. The third-order valence-corrected chi connectivity index (χ3v) is 5.14. The Morgan fingerprint density at radius 1 is 1.42 bits per heavy atom. The monoisotopic (exact) mass is 278 g/mol. The summed E-state index contributed by atoms with van der Waals surface area (Å²) in [6.45, 7) is 3.34. The van der Waals surface area contributed by atoms with Crippen molar-refractivity contribution in [1.29, 1.82) is 0 Å². The van der Waals surface area contributed by atoms with Gasteiger partial charge in [-0.1, -0.05) is 24.6 Å². The summed E-state index contributed by atoms with van der Waals surface area (Å²) < 4.78 is 0. The predicted octanol–water partition coefficient (Wildman–Crippen LogP) is 3.61. The fourth-order valence-corrected chi connectivity index (χ4v) is 3.80. The molecule has 3 rings (SSSR count). The van der Waals surface area contributed by atoms with Crippen molar-refractivity contribution in [3.05, 3.63) is 28.8 Å². The van der Waals surface area contributed by atoms with Crippen molar-refractivity contribution >= 4 is 17.3 Å². The average Bonchev–Trinajstić information content (AvgIpc) is 3.03. The molecule has 104 valence electrons. The van der Waals surface area contributed by atoms with Crippen LogP contribution in [-0.2, 0) is 6.42 Å². The maximum atomic E-state index is 6.43. The van der Waals surface area contributed by atoms with Crippen LogP contribution >= 0.6 is 11.6 Å². The second-order valence-electron chi connectivity index (χ2n) is 6.13. The summed E-state index contributed by atoms with van der Waals surface area (Å²) in [5, 5.41) is 0.879. The van der Waals surface area contributed by atoms with E-state index in [1.165, 1.54) is 37.1 Å². The molecule has 1 aromatic carbocycles. The molecule has 2 nitrogen and oxygen atoms in total. The molecule has 2 N–H and O–H groups in total. The van der Waals surface area contributed by atoms with E-state index in [1.807, 2.05) is 0 Å². The van der Waals surface area contributed by atoms with Gasteiger partial charge in [0.2, 0.25) is 0 Å². The molecule has 1 aromatic rings. The number of hydrogen-bond donors (Lipinski definition) is 1. The van der Waals surface area contributed by atoms with Gasteiger partial charge in [0.1, 0.15) is 0 Å². The second-order valence-corrected chi connectivity index (χ2v) is 6.54. The summed E-state index contributed by atoms with van der Waals surface area (Å²) in [6, 6.07) is 7.50. The van der Waals surface area contributed by atoms with Gasteiger partial charge in [0.05, 0.1) is 0 Å². The van der Waals surface area contributed by atoms with Gasteiger partial charge in [0.25, 0.3) is 0 Å². The van der Waals surface area contributed by atoms with Crippen LogP contribution in [0.2, 0.25) is 5.02 Å². The fourth-order valence-electron chi connectivity index (χ4n) is 3.55. The molecule has 2 aliphatic rings. The molecule has 2 fully saturated rings. The van der Waals surface area contributed by atoms with Crippen LogP contribution in [-0.4, -0.2) is 18.6 Å². The molecule has 3 atom stereocenters. The Morgan fingerprint density at radius 2 is 2.26 bits per heavy atom. The van der Waals surface area contributed by atoms with Gasteiger partial charge < -0.3 is 10.6 Å². The molecule has 1 aliphatic carbocycles. The van der Waals surface area contributed by atoms with Crippen LogP contribution in [0, 0.1) is 5.92 Å². The van der Waals surface area contributed by atoms with E-state index in [0.717, 1.165) is 29.8 Å². The van der Waals surface area contributed by atoms with Crippen LogP contribution in [0.4, 0.5) is 5.69 Å². The standard InChI is InChI=1S/C16H23ClN2/c1-2-13(18)8-12-4-6-15(9-16(12)17)19-10-11-3-5-14(19)7-11/h4,6,9,11,13-14H,2-3,5,7-8,10,18H2,1H3. The highest BCUT2D eigenvalue weighted by atomic mass is 35.5. The van der Waals surface area contributed by atoms with Crippen LogP contribution in [0.3, 0.4) is 0 Å². The van der Waals surface area contributed by atoms with Crippen molar-refractivity contribution in [2.45, 2.75) is 51.1 Å². The van der Waals surface area contributed by atoms with E-state index >= 15 is 0 Å². The molecule has 19 heavy (non-hydrogen) atoms. The fraction of sp³-hybridized carbons (Fsp3) is 0.625. The molecule has 0 aromatic heterocycles. The number of nitrogens with two attached hydrogens (primary N) is 1. The summed E-state index contributed by atoms with van der Waals surface area (Å²) >= 11 is 6.43. The zero-order valence-corrected chi connectivity index (χ0v) is 12.4. The topological polar surface area (TPSA) is 29.3 Å². The highest BCUT2D eigenvalue weighted by Crippen LogP contribution is 2.40. The van der Waals surface area contributed by atoms with Gasteiger partial charge >= 0.3 is 0 Å². The lowest BCUT2D eigenvalue weighted by molar-refractivity contribution is 0.553. The maximum Gasteiger partial charge on any atom is 0.0459 e. The molecule has 2 bridgehead atoms. The zero-order valence-electron chi connectivity index (χ0n) is 11.6. The van der Waals surface area contributed by atoms with Crippen LogP contribution in [0.25, 0.3) is 0 Å². The van der Waals surface area contributed by atoms with E-state index in [1.54, 1.807) is 0 Å². The Morgan fingerprint density at radius 3 is 2.84 bits per heavy atom. The van der Waals surface area contributed by atoms with Crippen LogP contribution < -0.4 is 10.6 Å². The lowest BCUT2D eigenvalue weighted by Crippen LogP contribution is -2.31. The number of fused-ring (bicyclic) bond motifs is 2. The van der Waals surface area contributed by atoms with Crippen LogP contribution in [0.1, 0.15) is 38.2 Å². The molecule has 0 amide bonds. The number of nitrogens with zero attached hydrogens (tertiary/aromatic N) is 1. The quantitative estimate of drug-likeness (QED) is 0.912. The van der Waals surface area contributed by atoms with Gasteiger partial charge in [0, 0.05) is 29.3 Å². The predicted molar refractivity (Wildman–Crippen MR) is 81.9 cm³/mol. The molecule has 3 heteroatoms. The molecular weight excluding hydrogens is 256 g/mol. The molecule has 0 radical (unpaired) electrons. The van der Waals surface area contributed by atoms with Crippen molar-refractivity contribution in [1.82, 2.24) is 0 Å². The van der Waals surface area contributed by atoms with E-state index in [9.17, 15) is 0 Å². The Balaban J connectivity index is 1.76. The normalized spacial score (nSPS) is 27.0. The van der Waals surface area contributed by atoms with Gasteiger partial charge in [-0.05, 0) is 55.7 Å². The summed E-state index contributed by atoms with van der Waals surface area (Å²) in [5.41, 5.74) is 8.50. The first-order valence-corrected chi connectivity index (χ1v) is 7.85. The Bertz CT molecular complexity index is 460. The number of anilines is 1. The molecule has 1 saturated carbocycles. The maximum absolute atomic E-state index is 6.43. The minimum absolute atomic E-state index is 0.214. The van der Waals surface area contributed by atoms with E-state index in [4.69, 9.17) is 17.3 Å². The highest BCUT2D eigenvalue weighted by Gasteiger charge is 2.37. The van der Waals surface area contributed by atoms with Crippen LogP contribution in [0.15, 0.2) is 18.2 Å². The zero-order chi connectivity index (χ0) is 13.4. The Labute approximate surface area is 120 Å². The second kappa shape index (κ2) is 5.34. The molecule has 0 spiro atoms. The summed E-state index contributed by atoms with van der Waals surface area (Å²) in [4.78, 5) is 2.55.